The van der Waals surface area contributed by atoms with Gasteiger partial charge in [0.2, 0.25) is 15.8 Å². The summed E-state index contributed by atoms with van der Waals surface area (Å²) in [6.07, 6.45) is 0.0342. The van der Waals surface area contributed by atoms with Gasteiger partial charge in [0.1, 0.15) is 0 Å². The van der Waals surface area contributed by atoms with Crippen molar-refractivity contribution < 1.29 is 18.3 Å². The van der Waals surface area contributed by atoms with E-state index >= 15 is 0 Å². The van der Waals surface area contributed by atoms with Gasteiger partial charge in [0.25, 0.3) is 0 Å². The van der Waals surface area contributed by atoms with Crippen LogP contribution in [0.15, 0.2) is 47.4 Å². The highest BCUT2D eigenvalue weighted by atomic mass is 32.2. The van der Waals surface area contributed by atoms with Crippen molar-refractivity contribution in [3.8, 4) is 22.5 Å². The molecule has 152 valence electrons. The Balaban J connectivity index is 1.92. The van der Waals surface area contributed by atoms with Crippen molar-refractivity contribution in [3.05, 3.63) is 48.0 Å². The standard InChI is InChI=1S/C18H20N6O4S/c1-11(9-16(25)26)20-10-12-5-7-13(8-6-12)14-3-2-4-15(29(19,27)28)17(14)18-21-23-24-22-18/h2-8,11,20H,9-10H2,1H3,(H,25,26)(H2,19,27,28)(H,21,22,23,24). The number of hydrogen-bond donors (Lipinski definition) is 4. The number of rotatable bonds is 8. The smallest absolute Gasteiger partial charge is 0.304 e. The monoisotopic (exact) mass is 416 g/mol. The number of benzene rings is 2. The van der Waals surface area contributed by atoms with Gasteiger partial charge in [0.15, 0.2) is 0 Å². The molecule has 0 aliphatic heterocycles. The number of tetrazole rings is 1. The Kier molecular flexibility index (Phi) is 6.01. The third-order valence-corrected chi connectivity index (χ3v) is 5.26. The normalized spacial score (nSPS) is 12.6. The van der Waals surface area contributed by atoms with E-state index in [2.05, 4.69) is 25.9 Å². The summed E-state index contributed by atoms with van der Waals surface area (Å²) in [6.45, 7) is 2.31. The number of aliphatic carboxylic acids is 1. The largest absolute Gasteiger partial charge is 0.481 e. The number of carboxylic acids is 1. The molecular weight excluding hydrogens is 396 g/mol. The molecule has 11 heteroatoms. The van der Waals surface area contributed by atoms with E-state index < -0.39 is 16.0 Å². The van der Waals surface area contributed by atoms with Crippen LogP contribution in [0.2, 0.25) is 0 Å². The van der Waals surface area contributed by atoms with Crippen LogP contribution in [-0.2, 0) is 21.4 Å². The highest BCUT2D eigenvalue weighted by Crippen LogP contribution is 2.34. The van der Waals surface area contributed by atoms with Crippen LogP contribution in [-0.4, -0.2) is 46.2 Å². The molecule has 1 heterocycles. The van der Waals surface area contributed by atoms with Crippen molar-refractivity contribution in [1.82, 2.24) is 25.9 Å². The molecule has 0 spiro atoms. The zero-order chi connectivity index (χ0) is 21.0. The first-order chi connectivity index (χ1) is 13.8. The molecule has 3 aromatic rings. The van der Waals surface area contributed by atoms with Crippen LogP contribution in [0.3, 0.4) is 0 Å². The van der Waals surface area contributed by atoms with Gasteiger partial charge in [0, 0.05) is 12.6 Å². The first-order valence-electron chi connectivity index (χ1n) is 8.70. The highest BCUT2D eigenvalue weighted by molar-refractivity contribution is 7.89. The van der Waals surface area contributed by atoms with Crippen molar-refractivity contribution >= 4 is 16.0 Å². The molecular formula is C18H20N6O4S. The summed E-state index contributed by atoms with van der Waals surface area (Å²) >= 11 is 0. The Hall–Kier alpha value is -3.15. The van der Waals surface area contributed by atoms with Crippen LogP contribution in [0.1, 0.15) is 18.9 Å². The average molecular weight is 416 g/mol. The number of nitrogens with two attached hydrogens (primary N) is 1. The number of carbonyl (C=O) groups is 1. The number of H-pyrrole nitrogens is 1. The molecule has 3 rings (SSSR count). The van der Waals surface area contributed by atoms with Crippen molar-refractivity contribution in [2.75, 3.05) is 0 Å². The molecule has 0 aliphatic rings. The Morgan fingerprint density at radius 3 is 2.55 bits per heavy atom. The number of carboxylic acid groups (broad SMARTS) is 1. The van der Waals surface area contributed by atoms with E-state index in [1.54, 1.807) is 19.1 Å². The predicted molar refractivity (Wildman–Crippen MR) is 105 cm³/mol. The molecule has 0 bridgehead atoms. The molecule has 10 nitrogen and oxygen atoms in total. The maximum absolute atomic E-state index is 12.1. The summed E-state index contributed by atoms with van der Waals surface area (Å²) in [6, 6.07) is 12.0. The Labute approximate surface area is 167 Å². The van der Waals surface area contributed by atoms with Crippen molar-refractivity contribution in [3.63, 3.8) is 0 Å². The lowest BCUT2D eigenvalue weighted by Gasteiger charge is -2.13. The van der Waals surface area contributed by atoms with Gasteiger partial charge in [-0.25, -0.2) is 13.6 Å². The Bertz CT molecular complexity index is 1100. The molecule has 0 fully saturated rings. The molecule has 29 heavy (non-hydrogen) atoms. The second-order valence-electron chi connectivity index (χ2n) is 6.54. The minimum atomic E-state index is -4.01. The number of nitrogens with zero attached hydrogens (tertiary/aromatic N) is 3. The van der Waals surface area contributed by atoms with Gasteiger partial charge < -0.3 is 10.4 Å². The maximum Gasteiger partial charge on any atom is 0.304 e. The fourth-order valence-corrected chi connectivity index (χ4v) is 3.69. The van der Waals surface area contributed by atoms with Crippen molar-refractivity contribution in [2.24, 2.45) is 5.14 Å². The number of nitrogens with one attached hydrogen (secondary N) is 2. The SMILES string of the molecule is CC(CC(=O)O)NCc1ccc(-c2cccc(S(N)(=O)=O)c2-c2nn[nH]n2)cc1. The Morgan fingerprint density at radius 2 is 1.97 bits per heavy atom. The van der Waals surface area contributed by atoms with Gasteiger partial charge in [-0.15, -0.1) is 10.2 Å². The van der Waals surface area contributed by atoms with E-state index in [1.165, 1.54) is 6.07 Å². The minimum absolute atomic E-state index is 0.0342. The number of aromatic amines is 1. The third-order valence-electron chi connectivity index (χ3n) is 4.30. The second kappa shape index (κ2) is 8.47. The molecule has 1 unspecified atom stereocenters. The zero-order valence-electron chi connectivity index (χ0n) is 15.5. The summed E-state index contributed by atoms with van der Waals surface area (Å²) < 4.78 is 24.1. The van der Waals surface area contributed by atoms with Crippen molar-refractivity contribution in [2.45, 2.75) is 30.8 Å². The van der Waals surface area contributed by atoms with Crippen LogP contribution in [0.4, 0.5) is 0 Å². The quantitative estimate of drug-likeness (QED) is 0.424. The molecule has 1 aromatic heterocycles. The van der Waals surface area contributed by atoms with Gasteiger partial charge in [-0.05, 0) is 34.9 Å². The fourth-order valence-electron chi connectivity index (χ4n) is 2.94. The van der Waals surface area contributed by atoms with Crippen LogP contribution < -0.4 is 10.5 Å². The molecule has 1 atom stereocenters. The molecule has 2 aromatic carbocycles. The third kappa shape index (κ3) is 5.02. The summed E-state index contributed by atoms with van der Waals surface area (Å²) in [5.41, 5.74) is 2.56. The topological polar surface area (TPSA) is 164 Å². The lowest BCUT2D eigenvalue weighted by Crippen LogP contribution is -2.27. The number of hydrogen-bond acceptors (Lipinski definition) is 7. The summed E-state index contributed by atoms with van der Waals surface area (Å²) in [4.78, 5) is 10.6. The molecule has 0 amide bonds. The van der Waals surface area contributed by atoms with Crippen LogP contribution in [0.25, 0.3) is 22.5 Å². The summed E-state index contributed by atoms with van der Waals surface area (Å²) in [7, 11) is -4.01. The molecule has 0 radical (unpaired) electrons. The van der Waals surface area contributed by atoms with Gasteiger partial charge in [-0.3, -0.25) is 4.79 Å². The fraction of sp³-hybridized carbons (Fsp3) is 0.222. The van der Waals surface area contributed by atoms with E-state index in [-0.39, 0.29) is 28.7 Å². The lowest BCUT2D eigenvalue weighted by molar-refractivity contribution is -0.137. The Morgan fingerprint density at radius 1 is 1.24 bits per heavy atom. The summed E-state index contributed by atoms with van der Waals surface area (Å²) in [5.74, 6) is -0.734. The maximum atomic E-state index is 12.1. The highest BCUT2D eigenvalue weighted by Gasteiger charge is 2.22. The second-order valence-corrected chi connectivity index (χ2v) is 8.07. The molecule has 0 saturated carbocycles. The van der Waals surface area contributed by atoms with Crippen molar-refractivity contribution in [1.29, 1.82) is 0 Å². The minimum Gasteiger partial charge on any atom is -0.481 e. The first kappa shape index (κ1) is 20.6. The van der Waals surface area contributed by atoms with Gasteiger partial charge in [-0.1, -0.05) is 36.4 Å². The molecule has 5 N–H and O–H groups in total. The van der Waals surface area contributed by atoms with Crippen LogP contribution in [0, 0.1) is 0 Å². The van der Waals surface area contributed by atoms with Gasteiger partial charge in [-0.2, -0.15) is 5.21 Å². The van der Waals surface area contributed by atoms with E-state index in [4.69, 9.17) is 10.2 Å². The van der Waals surface area contributed by atoms with Crippen LogP contribution in [0.5, 0.6) is 0 Å². The lowest BCUT2D eigenvalue weighted by atomic mass is 9.98. The van der Waals surface area contributed by atoms with E-state index in [9.17, 15) is 13.2 Å². The van der Waals surface area contributed by atoms with E-state index in [0.29, 0.717) is 12.1 Å². The zero-order valence-corrected chi connectivity index (χ0v) is 16.3. The number of primary sulfonamides is 1. The molecule has 0 saturated heterocycles. The van der Waals surface area contributed by atoms with Gasteiger partial charge in [0.05, 0.1) is 16.9 Å². The predicted octanol–water partition coefficient (Wildman–Crippen LogP) is 1.13. The summed E-state index contributed by atoms with van der Waals surface area (Å²) in [5, 5.41) is 31.0. The van der Waals surface area contributed by atoms with Crippen LogP contribution >= 0.6 is 0 Å². The molecule has 0 aliphatic carbocycles. The van der Waals surface area contributed by atoms with E-state index in [1.807, 2.05) is 24.3 Å². The van der Waals surface area contributed by atoms with E-state index in [0.717, 1.165) is 11.1 Å². The average Bonchev–Trinajstić information content (AvgIpc) is 3.19. The number of sulfonamides is 1. The first-order valence-corrected chi connectivity index (χ1v) is 10.2. The number of aromatic nitrogens is 4. The van der Waals surface area contributed by atoms with Gasteiger partial charge >= 0.3 is 5.97 Å².